The van der Waals surface area contributed by atoms with Crippen LogP contribution in [0, 0.1) is 0 Å². The fourth-order valence-corrected chi connectivity index (χ4v) is 14.3. The summed E-state index contributed by atoms with van der Waals surface area (Å²) in [5.74, 6) is 0. The monoisotopic (exact) mass is 1090 g/mol. The van der Waals surface area contributed by atoms with Gasteiger partial charge in [0.2, 0.25) is 0 Å². The lowest BCUT2D eigenvalue weighted by molar-refractivity contribution is 1.61. The normalized spacial score (nSPS) is 11.7. The largest absolute Gasteiger partial charge is 0.0622 e. The van der Waals surface area contributed by atoms with Crippen molar-refractivity contribution in [2.45, 2.75) is 0 Å². The molecule has 17 rings (SSSR count). The van der Waals surface area contributed by atoms with Crippen LogP contribution in [-0.2, 0) is 0 Å². The standard InChI is InChI=1S/C86H54/c1-3-21-59(22-4-1)81-69-27-11-15-31-73(69)83(74-32-16-12-28-70(74)81)61-41-35-57(36-42-61)65-47-49-77-79(53-65)85(67-45-39-55-19-7-9-25-63(55)51-67)78-50-48-66(54-80(78)86(77)68-46-40-56-20-8-10-26-64(56)52-68)58-37-43-62(44-38-58)84-75-33-17-13-29-71(75)82(60-23-5-2-6-24-60)72-30-14-18-34-76(72)84/h1-54H. The van der Waals surface area contributed by atoms with Crippen LogP contribution in [-0.4, -0.2) is 0 Å². The lowest BCUT2D eigenvalue weighted by Gasteiger charge is -2.20. The Hall–Kier alpha value is -11.2. The average Bonchev–Trinajstić information content (AvgIpc) is 2.38. The van der Waals surface area contributed by atoms with Crippen molar-refractivity contribution in [2.75, 3.05) is 0 Å². The van der Waals surface area contributed by atoms with E-state index in [9.17, 15) is 0 Å². The van der Waals surface area contributed by atoms with Gasteiger partial charge < -0.3 is 0 Å². The van der Waals surface area contributed by atoms with E-state index in [-0.39, 0.29) is 0 Å². The molecule has 0 nitrogen and oxygen atoms in total. The fourth-order valence-electron chi connectivity index (χ4n) is 14.3. The molecule has 0 aliphatic rings. The van der Waals surface area contributed by atoms with Gasteiger partial charge in [0.25, 0.3) is 0 Å². The first-order valence-electron chi connectivity index (χ1n) is 29.9. The maximum atomic E-state index is 2.46. The van der Waals surface area contributed by atoms with Gasteiger partial charge in [-0.15, -0.1) is 0 Å². The maximum absolute atomic E-state index is 2.46. The van der Waals surface area contributed by atoms with Crippen molar-refractivity contribution in [1.29, 1.82) is 0 Å². The zero-order chi connectivity index (χ0) is 56.7. The quantitative estimate of drug-likeness (QED) is 0.133. The molecule has 0 aliphatic heterocycles. The molecule has 0 bridgehead atoms. The fraction of sp³-hybridized carbons (Fsp3) is 0. The van der Waals surface area contributed by atoms with Crippen LogP contribution in [0.4, 0.5) is 0 Å². The molecular formula is C86H54. The van der Waals surface area contributed by atoms with Gasteiger partial charge in [0.1, 0.15) is 0 Å². The van der Waals surface area contributed by atoms with E-state index in [1.807, 2.05) is 0 Å². The average molecular weight is 1090 g/mol. The molecule has 0 radical (unpaired) electrons. The van der Waals surface area contributed by atoms with Crippen LogP contribution in [0.5, 0.6) is 0 Å². The number of rotatable bonds is 8. The second kappa shape index (κ2) is 20.3. The highest BCUT2D eigenvalue weighted by Crippen LogP contribution is 2.50. The lowest BCUT2D eigenvalue weighted by Crippen LogP contribution is -1.93. The Bertz CT molecular complexity index is 5080. The molecule has 0 saturated heterocycles. The van der Waals surface area contributed by atoms with E-state index in [4.69, 9.17) is 0 Å². The third kappa shape index (κ3) is 8.14. The number of benzene rings is 17. The molecule has 86 heavy (non-hydrogen) atoms. The van der Waals surface area contributed by atoms with Gasteiger partial charge in [-0.1, -0.05) is 303 Å². The summed E-state index contributed by atoms with van der Waals surface area (Å²) in [7, 11) is 0. The van der Waals surface area contributed by atoms with Gasteiger partial charge >= 0.3 is 0 Å². The van der Waals surface area contributed by atoms with Crippen LogP contribution in [0.1, 0.15) is 0 Å². The summed E-state index contributed by atoms with van der Waals surface area (Å²) in [5.41, 5.74) is 19.5. The molecule has 0 aromatic heterocycles. The van der Waals surface area contributed by atoms with E-state index in [0.717, 1.165) is 0 Å². The molecule has 0 amide bonds. The molecule has 17 aromatic carbocycles. The van der Waals surface area contributed by atoms with E-state index >= 15 is 0 Å². The van der Waals surface area contributed by atoms with Crippen molar-refractivity contribution < 1.29 is 0 Å². The Morgan fingerprint density at radius 2 is 0.326 bits per heavy atom. The summed E-state index contributed by atoms with van der Waals surface area (Å²) in [6.07, 6.45) is 0. The van der Waals surface area contributed by atoms with Crippen LogP contribution in [0.2, 0.25) is 0 Å². The highest BCUT2D eigenvalue weighted by atomic mass is 14.3. The predicted octanol–water partition coefficient (Wildman–Crippen LogP) is 24.2. The second-order valence-electron chi connectivity index (χ2n) is 23.0. The van der Waals surface area contributed by atoms with E-state index in [0.29, 0.717) is 0 Å². The topological polar surface area (TPSA) is 0 Å². The van der Waals surface area contributed by atoms with Gasteiger partial charge in [-0.05, 0) is 199 Å². The van der Waals surface area contributed by atoms with Gasteiger partial charge in [-0.2, -0.15) is 0 Å². The van der Waals surface area contributed by atoms with Crippen molar-refractivity contribution in [1.82, 2.24) is 0 Å². The van der Waals surface area contributed by atoms with Crippen molar-refractivity contribution in [3.05, 3.63) is 328 Å². The van der Waals surface area contributed by atoms with Crippen molar-refractivity contribution >= 4 is 86.2 Å². The second-order valence-corrected chi connectivity index (χ2v) is 23.0. The first kappa shape index (κ1) is 49.4. The van der Waals surface area contributed by atoms with Crippen LogP contribution >= 0.6 is 0 Å². The molecule has 0 saturated carbocycles. The first-order valence-corrected chi connectivity index (χ1v) is 29.9. The molecule has 0 N–H and O–H groups in total. The van der Waals surface area contributed by atoms with Gasteiger partial charge in [0.05, 0.1) is 0 Å². The van der Waals surface area contributed by atoms with E-state index in [1.165, 1.54) is 175 Å². The minimum atomic E-state index is 1.17. The third-order valence-corrected chi connectivity index (χ3v) is 18.2. The van der Waals surface area contributed by atoms with Crippen LogP contribution < -0.4 is 0 Å². The summed E-state index contributed by atoms with van der Waals surface area (Å²) >= 11 is 0. The Morgan fingerprint density at radius 1 is 0.105 bits per heavy atom. The van der Waals surface area contributed by atoms with Crippen molar-refractivity contribution in [3.63, 3.8) is 0 Å². The summed E-state index contributed by atoms with van der Waals surface area (Å²) in [4.78, 5) is 0. The van der Waals surface area contributed by atoms with Crippen LogP contribution in [0.3, 0.4) is 0 Å². The van der Waals surface area contributed by atoms with Gasteiger partial charge in [0, 0.05) is 0 Å². The molecule has 0 spiro atoms. The van der Waals surface area contributed by atoms with E-state index in [2.05, 4.69) is 328 Å². The SMILES string of the molecule is c1ccc(-c2c3ccccc3c(-c3ccc(-c4ccc5c(-c6ccc7ccccc7c6)c6cc(-c7ccc(-c8c9ccccc9c(-c9ccccc9)c9ccccc89)cc7)ccc6c(-c6ccc7ccccc7c6)c5c4)cc3)c3ccccc23)cc1. The molecule has 17 aromatic rings. The predicted molar refractivity (Wildman–Crippen MR) is 370 cm³/mol. The van der Waals surface area contributed by atoms with Gasteiger partial charge in [-0.25, -0.2) is 0 Å². The smallest absolute Gasteiger partial charge is 0.00259 e. The zero-order valence-electron chi connectivity index (χ0n) is 47.2. The molecule has 0 aliphatic carbocycles. The van der Waals surface area contributed by atoms with Crippen molar-refractivity contribution in [3.8, 4) is 89.0 Å². The van der Waals surface area contributed by atoms with Gasteiger partial charge in [0.15, 0.2) is 0 Å². The first-order chi connectivity index (χ1) is 42.7. The van der Waals surface area contributed by atoms with E-state index < -0.39 is 0 Å². The summed E-state index contributed by atoms with van der Waals surface area (Å²) in [5, 5.41) is 19.8. The zero-order valence-corrected chi connectivity index (χ0v) is 47.2. The Balaban J connectivity index is 0.850. The Morgan fingerprint density at radius 3 is 0.651 bits per heavy atom. The molecule has 398 valence electrons. The minimum Gasteiger partial charge on any atom is -0.0622 e. The Kier molecular flexibility index (Phi) is 11.7. The molecular weight excluding hydrogens is 1030 g/mol. The minimum absolute atomic E-state index is 1.17. The molecule has 0 fully saturated rings. The summed E-state index contributed by atoms with van der Waals surface area (Å²) in [6.45, 7) is 0. The molecule has 0 atom stereocenters. The van der Waals surface area contributed by atoms with E-state index in [1.54, 1.807) is 0 Å². The number of fused-ring (bicyclic) bond motifs is 8. The lowest BCUT2D eigenvalue weighted by atomic mass is 9.83. The van der Waals surface area contributed by atoms with Crippen LogP contribution in [0.25, 0.3) is 175 Å². The van der Waals surface area contributed by atoms with Gasteiger partial charge in [-0.3, -0.25) is 0 Å². The highest BCUT2D eigenvalue weighted by molar-refractivity contribution is 6.25. The van der Waals surface area contributed by atoms with Crippen molar-refractivity contribution in [2.24, 2.45) is 0 Å². The highest BCUT2D eigenvalue weighted by Gasteiger charge is 2.22. The molecule has 0 unspecified atom stereocenters. The third-order valence-electron chi connectivity index (χ3n) is 18.2. The number of hydrogen-bond acceptors (Lipinski definition) is 0. The van der Waals surface area contributed by atoms with Crippen LogP contribution in [0.15, 0.2) is 328 Å². The Labute approximate surface area is 499 Å². The maximum Gasteiger partial charge on any atom is -0.00259 e. The summed E-state index contributed by atoms with van der Waals surface area (Å²) < 4.78 is 0. The molecule has 0 heteroatoms. The molecule has 0 heterocycles. The number of hydrogen-bond donors (Lipinski definition) is 0. The summed E-state index contributed by atoms with van der Waals surface area (Å²) in [6, 6.07) is 122.